The Hall–Kier alpha value is -2.51. The molecule has 5 aliphatic rings. The van der Waals surface area contributed by atoms with E-state index >= 15 is 0 Å². The molecule has 0 spiro atoms. The molecule has 0 N–H and O–H groups in total. The van der Waals surface area contributed by atoms with E-state index in [4.69, 9.17) is 17.3 Å². The average Bonchev–Trinajstić information content (AvgIpc) is 3.21. The van der Waals surface area contributed by atoms with Gasteiger partial charge in [-0.05, 0) is 92.8 Å². The van der Waals surface area contributed by atoms with Crippen molar-refractivity contribution in [2.24, 2.45) is 17.8 Å². The predicted octanol–water partition coefficient (Wildman–Crippen LogP) is 5.05. The number of hydrogen-bond donors (Lipinski definition) is 0. The molecule has 2 aromatic heterocycles. The van der Waals surface area contributed by atoms with Crippen LogP contribution in [0.25, 0.3) is 5.69 Å². The summed E-state index contributed by atoms with van der Waals surface area (Å²) in [6.45, 7) is 4.69. The number of pyridine rings is 1. The minimum Gasteiger partial charge on any atom is -0.354 e. The Morgan fingerprint density at radius 2 is 1.49 bits per heavy atom. The van der Waals surface area contributed by atoms with Gasteiger partial charge in [-0.15, -0.1) is 0 Å². The van der Waals surface area contributed by atoms with Crippen molar-refractivity contribution in [3.05, 3.63) is 65.3 Å². The number of benzene rings is 1. The van der Waals surface area contributed by atoms with Crippen LogP contribution in [-0.2, 0) is 12.1 Å². The van der Waals surface area contributed by atoms with Gasteiger partial charge in [0.1, 0.15) is 11.6 Å². The largest absolute Gasteiger partial charge is 0.354 e. The first-order chi connectivity index (χ1) is 17.2. The molecule has 0 amide bonds. The minimum atomic E-state index is 0.196. The zero-order chi connectivity index (χ0) is 23.4. The van der Waals surface area contributed by atoms with E-state index in [1.54, 1.807) is 0 Å². The lowest BCUT2D eigenvalue weighted by Gasteiger charge is -2.56. The van der Waals surface area contributed by atoms with E-state index in [2.05, 4.69) is 66.5 Å². The molecule has 5 fully saturated rings. The van der Waals surface area contributed by atoms with Crippen molar-refractivity contribution in [3.8, 4) is 5.69 Å². The second-order valence-corrected chi connectivity index (χ2v) is 11.8. The van der Waals surface area contributed by atoms with E-state index < -0.39 is 0 Å². The third-order valence-corrected chi connectivity index (χ3v) is 9.44. The van der Waals surface area contributed by atoms with Crippen LogP contribution in [0.15, 0.2) is 54.7 Å². The van der Waals surface area contributed by atoms with Gasteiger partial charge >= 0.3 is 0 Å². The van der Waals surface area contributed by atoms with Gasteiger partial charge < -0.3 is 4.90 Å². The molecule has 3 aromatic rings. The Bertz CT molecular complexity index is 1210. The molecule has 0 radical (unpaired) electrons. The molecule has 8 rings (SSSR count). The summed E-state index contributed by atoms with van der Waals surface area (Å²) < 4.78 is 5.29. The normalized spacial score (nSPS) is 30.2. The van der Waals surface area contributed by atoms with E-state index in [0.717, 1.165) is 66.9 Å². The van der Waals surface area contributed by atoms with Crippen LogP contribution >= 0.6 is 12.2 Å². The summed E-state index contributed by atoms with van der Waals surface area (Å²) in [4.78, 5) is 9.40. The van der Waals surface area contributed by atoms with Gasteiger partial charge in [-0.25, -0.2) is 9.67 Å². The predicted molar refractivity (Wildman–Crippen MR) is 140 cm³/mol. The monoisotopic (exact) mass is 486 g/mol. The van der Waals surface area contributed by atoms with Gasteiger partial charge in [-0.1, -0.05) is 24.3 Å². The molecule has 6 nitrogen and oxygen atoms in total. The van der Waals surface area contributed by atoms with Crippen LogP contribution in [0.4, 0.5) is 5.82 Å². The summed E-state index contributed by atoms with van der Waals surface area (Å²) in [7, 11) is 0. The number of para-hydroxylation sites is 1. The zero-order valence-electron chi connectivity index (χ0n) is 20.3. The van der Waals surface area contributed by atoms with Crippen LogP contribution in [0.1, 0.15) is 44.3 Å². The topological polar surface area (TPSA) is 42.1 Å². The lowest BCUT2D eigenvalue weighted by molar-refractivity contribution is -0.0105. The van der Waals surface area contributed by atoms with Crippen molar-refractivity contribution in [1.82, 2.24) is 24.2 Å². The first kappa shape index (κ1) is 21.7. The Morgan fingerprint density at radius 1 is 0.829 bits per heavy atom. The summed E-state index contributed by atoms with van der Waals surface area (Å²) in [5.74, 6) is 4.94. The molecule has 4 saturated carbocycles. The first-order valence-electron chi connectivity index (χ1n) is 13.3. The Morgan fingerprint density at radius 3 is 2.11 bits per heavy atom. The van der Waals surface area contributed by atoms with Gasteiger partial charge in [-0.3, -0.25) is 9.47 Å². The summed E-state index contributed by atoms with van der Waals surface area (Å²) in [5, 5.41) is 5.36. The summed E-state index contributed by atoms with van der Waals surface area (Å²) in [6, 6.07) is 16.9. The molecule has 0 unspecified atom stereocenters. The first-order valence-corrected chi connectivity index (χ1v) is 13.7. The van der Waals surface area contributed by atoms with E-state index in [0.29, 0.717) is 0 Å². The second kappa shape index (κ2) is 8.56. The van der Waals surface area contributed by atoms with Crippen molar-refractivity contribution < 1.29 is 0 Å². The summed E-state index contributed by atoms with van der Waals surface area (Å²) in [5.41, 5.74) is 1.36. The van der Waals surface area contributed by atoms with Gasteiger partial charge in [-0.2, -0.15) is 5.10 Å². The Kier molecular flexibility index (Phi) is 5.32. The van der Waals surface area contributed by atoms with Crippen LogP contribution in [0, 0.1) is 22.5 Å². The van der Waals surface area contributed by atoms with Crippen molar-refractivity contribution in [2.45, 2.75) is 50.6 Å². The summed E-state index contributed by atoms with van der Waals surface area (Å²) >= 11 is 6.13. The molecular weight excluding hydrogens is 452 g/mol. The van der Waals surface area contributed by atoms with E-state index in [9.17, 15) is 0 Å². The quantitative estimate of drug-likeness (QED) is 0.473. The van der Waals surface area contributed by atoms with E-state index in [1.807, 2.05) is 12.3 Å². The van der Waals surface area contributed by atoms with Crippen molar-refractivity contribution in [2.75, 3.05) is 31.1 Å². The molecule has 7 heteroatoms. The number of hydrogen-bond acceptors (Lipinski definition) is 5. The van der Waals surface area contributed by atoms with Gasteiger partial charge in [0.05, 0.1) is 6.67 Å². The molecule has 4 bridgehead atoms. The molecule has 4 aliphatic carbocycles. The second-order valence-electron chi connectivity index (χ2n) is 11.4. The summed E-state index contributed by atoms with van der Waals surface area (Å²) in [6.07, 6.45) is 10.1. The van der Waals surface area contributed by atoms with Crippen molar-refractivity contribution in [1.29, 1.82) is 0 Å². The Labute approximate surface area is 212 Å². The van der Waals surface area contributed by atoms with Crippen molar-refractivity contribution >= 4 is 18.0 Å². The molecule has 3 heterocycles. The number of anilines is 1. The molecule has 1 aliphatic heterocycles. The number of piperazine rings is 1. The standard InChI is InChI=1S/C28H34N6S/c35-27-33(20-31-10-12-32(13-11-31)25-8-4-5-9-29-25)30-26(34(27)24-6-2-1-3-7-24)28-17-21-14-22(18-28)16-23(15-21)19-28/h1-9,21-23H,10-20H2. The third kappa shape index (κ3) is 3.84. The molecular formula is C28H34N6S. The van der Waals surface area contributed by atoms with Gasteiger partial charge in [0.25, 0.3) is 0 Å². The van der Waals surface area contributed by atoms with Crippen molar-refractivity contribution in [3.63, 3.8) is 0 Å². The van der Waals surface area contributed by atoms with Crippen LogP contribution in [0.5, 0.6) is 0 Å². The lowest BCUT2D eigenvalue weighted by atomic mass is 9.49. The fourth-order valence-corrected chi connectivity index (χ4v) is 8.18. The van der Waals surface area contributed by atoms with Crippen LogP contribution in [0.3, 0.4) is 0 Å². The fourth-order valence-electron chi connectivity index (χ4n) is 7.89. The van der Waals surface area contributed by atoms with E-state index in [-0.39, 0.29) is 5.41 Å². The molecule has 1 aromatic carbocycles. The molecule has 0 atom stereocenters. The van der Waals surface area contributed by atoms with Gasteiger partial charge in [0.15, 0.2) is 0 Å². The maximum atomic E-state index is 6.13. The van der Waals surface area contributed by atoms with Gasteiger partial charge in [0, 0.05) is 43.5 Å². The van der Waals surface area contributed by atoms with E-state index in [1.165, 1.54) is 44.3 Å². The van der Waals surface area contributed by atoms with Crippen LogP contribution < -0.4 is 4.90 Å². The number of rotatable bonds is 5. The Balaban J connectivity index is 1.19. The highest BCUT2D eigenvalue weighted by molar-refractivity contribution is 7.71. The zero-order valence-corrected chi connectivity index (χ0v) is 21.1. The van der Waals surface area contributed by atoms with Gasteiger partial charge in [0.2, 0.25) is 4.77 Å². The maximum Gasteiger partial charge on any atom is 0.203 e. The van der Waals surface area contributed by atoms with Crippen LogP contribution in [-0.4, -0.2) is 50.4 Å². The highest BCUT2D eigenvalue weighted by Crippen LogP contribution is 2.60. The molecule has 1 saturated heterocycles. The maximum absolute atomic E-state index is 6.13. The SMILES string of the molecule is S=c1n(CN2CCN(c3ccccn3)CC2)nc(C23CC4CC(CC(C4)C2)C3)n1-c1ccccc1. The molecule has 182 valence electrons. The minimum absolute atomic E-state index is 0.196. The highest BCUT2D eigenvalue weighted by Gasteiger charge is 2.54. The third-order valence-electron chi connectivity index (χ3n) is 9.05. The lowest BCUT2D eigenvalue weighted by Crippen LogP contribution is -2.49. The van der Waals surface area contributed by atoms with Crippen LogP contribution in [0.2, 0.25) is 0 Å². The average molecular weight is 487 g/mol. The highest BCUT2D eigenvalue weighted by atomic mass is 32.1. The number of nitrogens with zero attached hydrogens (tertiary/aromatic N) is 6. The smallest absolute Gasteiger partial charge is 0.203 e. The fraction of sp³-hybridized carbons (Fsp3) is 0.536. The molecule has 35 heavy (non-hydrogen) atoms. The number of aromatic nitrogens is 4.